The van der Waals surface area contributed by atoms with Gasteiger partial charge in [-0.05, 0) is 60.7 Å². The van der Waals surface area contributed by atoms with Gasteiger partial charge in [0.15, 0.2) is 0 Å². The highest BCUT2D eigenvalue weighted by Crippen LogP contribution is 2.45. The topological polar surface area (TPSA) is 0 Å². The molecule has 0 heteroatoms. The summed E-state index contributed by atoms with van der Waals surface area (Å²) in [7, 11) is 0. The Morgan fingerprint density at radius 3 is 1.81 bits per heavy atom. The number of rotatable bonds is 15. The van der Waals surface area contributed by atoms with E-state index in [0.29, 0.717) is 0 Å². The zero-order valence-electron chi connectivity index (χ0n) is 22.2. The molecule has 7 atom stereocenters. The van der Waals surface area contributed by atoms with Gasteiger partial charge in [0.1, 0.15) is 0 Å². The van der Waals surface area contributed by atoms with E-state index in [1.807, 2.05) is 0 Å². The van der Waals surface area contributed by atoms with Gasteiger partial charge < -0.3 is 0 Å². The predicted octanol–water partition coefficient (Wildman–Crippen LogP) is 10.6. The van der Waals surface area contributed by atoms with Gasteiger partial charge in [0.2, 0.25) is 0 Å². The number of unbranched alkanes of at least 4 members (excludes halogenated alkanes) is 5. The van der Waals surface area contributed by atoms with E-state index in [-0.39, 0.29) is 0 Å². The molecule has 0 saturated heterocycles. The van der Waals surface area contributed by atoms with Crippen molar-refractivity contribution in [3.63, 3.8) is 0 Å². The Morgan fingerprint density at radius 1 is 0.656 bits per heavy atom. The summed E-state index contributed by atoms with van der Waals surface area (Å²) < 4.78 is 0. The highest BCUT2D eigenvalue weighted by atomic mass is 14.4. The predicted molar refractivity (Wildman–Crippen MR) is 142 cm³/mol. The van der Waals surface area contributed by atoms with Gasteiger partial charge >= 0.3 is 0 Å². The highest BCUT2D eigenvalue weighted by molar-refractivity contribution is 4.85. The SMILES string of the molecule is [CH2]CC1CCCCC1C(C)CC1CCCC1CCCCC1CCCC1CCCCC[CH]C. The summed E-state index contributed by atoms with van der Waals surface area (Å²) in [5, 5.41) is 0. The minimum Gasteiger partial charge on any atom is -0.0623 e. The lowest BCUT2D eigenvalue weighted by atomic mass is 9.69. The average Bonchev–Trinajstić information content (AvgIpc) is 3.45. The normalized spacial score (nSPS) is 34.2. The van der Waals surface area contributed by atoms with Crippen LogP contribution in [0.4, 0.5) is 0 Å². The lowest BCUT2D eigenvalue weighted by molar-refractivity contribution is 0.140. The van der Waals surface area contributed by atoms with Crippen LogP contribution in [0.2, 0.25) is 0 Å². The summed E-state index contributed by atoms with van der Waals surface area (Å²) in [5.74, 6) is 7.15. The smallest absolute Gasteiger partial charge is 0.0360 e. The molecule has 3 saturated carbocycles. The van der Waals surface area contributed by atoms with Crippen molar-refractivity contribution < 1.29 is 0 Å². The molecule has 0 N–H and O–H groups in total. The summed E-state index contributed by atoms with van der Waals surface area (Å²) in [4.78, 5) is 0. The van der Waals surface area contributed by atoms with E-state index in [2.05, 4.69) is 27.2 Å². The van der Waals surface area contributed by atoms with Crippen molar-refractivity contribution in [2.24, 2.45) is 41.4 Å². The number of hydrogen-bond acceptors (Lipinski definition) is 0. The van der Waals surface area contributed by atoms with Crippen LogP contribution in [0.3, 0.4) is 0 Å². The maximum atomic E-state index is 4.30. The van der Waals surface area contributed by atoms with Crippen molar-refractivity contribution in [2.75, 3.05) is 0 Å². The van der Waals surface area contributed by atoms with E-state index in [0.717, 1.165) is 41.4 Å². The zero-order valence-corrected chi connectivity index (χ0v) is 22.2. The molecule has 0 spiro atoms. The molecule has 3 aliphatic carbocycles. The third-order valence-corrected chi connectivity index (χ3v) is 10.3. The fourth-order valence-electron chi connectivity index (χ4n) is 8.42. The van der Waals surface area contributed by atoms with Crippen LogP contribution < -0.4 is 0 Å². The van der Waals surface area contributed by atoms with Crippen molar-refractivity contribution >= 4 is 0 Å². The standard InChI is InChI=1S/C32H58/c1-4-6-7-8-9-17-28-20-14-21-29(28)18-10-11-19-30-22-15-23-31(30)25-26(3)32-24-13-12-16-27(32)5-2/h4,26-32H,2,5-25H2,1,3H3. The molecule has 3 rings (SSSR count). The Balaban J connectivity index is 1.31. The quantitative estimate of drug-likeness (QED) is 0.221. The fraction of sp³-hybridized carbons (Fsp3) is 0.938. The summed E-state index contributed by atoms with van der Waals surface area (Å²) in [6, 6.07) is 0. The van der Waals surface area contributed by atoms with E-state index in [4.69, 9.17) is 0 Å². The molecule has 0 aromatic carbocycles. The molecule has 3 aliphatic rings. The second-order valence-corrected chi connectivity index (χ2v) is 12.4. The number of hydrogen-bond donors (Lipinski definition) is 0. The first-order valence-corrected chi connectivity index (χ1v) is 15.3. The largest absolute Gasteiger partial charge is 0.0623 e. The van der Waals surface area contributed by atoms with Gasteiger partial charge in [-0.25, -0.2) is 0 Å². The zero-order chi connectivity index (χ0) is 22.6. The van der Waals surface area contributed by atoms with E-state index in [1.54, 1.807) is 32.1 Å². The molecule has 0 aromatic rings. The molecule has 0 aromatic heterocycles. The molecule has 2 radical (unpaired) electrons. The Morgan fingerprint density at radius 2 is 1.19 bits per heavy atom. The van der Waals surface area contributed by atoms with Gasteiger partial charge in [-0.3, -0.25) is 0 Å². The van der Waals surface area contributed by atoms with E-state index < -0.39 is 0 Å². The summed E-state index contributed by atoms with van der Waals surface area (Å²) in [6.45, 7) is 9.12. The first-order valence-electron chi connectivity index (χ1n) is 15.3. The molecule has 0 bridgehead atoms. The third-order valence-electron chi connectivity index (χ3n) is 10.3. The first kappa shape index (κ1) is 26.6. The molecule has 32 heavy (non-hydrogen) atoms. The van der Waals surface area contributed by atoms with Crippen molar-refractivity contribution in [2.45, 2.75) is 149 Å². The maximum Gasteiger partial charge on any atom is -0.0360 e. The van der Waals surface area contributed by atoms with E-state index in [9.17, 15) is 0 Å². The molecule has 0 amide bonds. The van der Waals surface area contributed by atoms with Crippen LogP contribution in [0.25, 0.3) is 0 Å². The van der Waals surface area contributed by atoms with E-state index >= 15 is 0 Å². The van der Waals surface area contributed by atoms with Gasteiger partial charge in [0, 0.05) is 0 Å². The molecule has 0 aliphatic heterocycles. The van der Waals surface area contributed by atoms with Crippen LogP contribution in [0, 0.1) is 54.8 Å². The summed E-state index contributed by atoms with van der Waals surface area (Å²) in [5.41, 5.74) is 0. The second-order valence-electron chi connectivity index (χ2n) is 12.4. The molecule has 186 valence electrons. The van der Waals surface area contributed by atoms with Crippen molar-refractivity contribution in [3.05, 3.63) is 13.3 Å². The molecule has 7 unspecified atom stereocenters. The van der Waals surface area contributed by atoms with Gasteiger partial charge in [-0.2, -0.15) is 0 Å². The molecule has 0 nitrogen and oxygen atoms in total. The van der Waals surface area contributed by atoms with Crippen LogP contribution in [0.15, 0.2) is 0 Å². The lowest BCUT2D eigenvalue weighted by Crippen LogP contribution is -2.27. The Kier molecular flexibility index (Phi) is 12.5. The fourth-order valence-corrected chi connectivity index (χ4v) is 8.42. The lowest BCUT2D eigenvalue weighted by Gasteiger charge is -2.37. The van der Waals surface area contributed by atoms with Crippen LogP contribution in [-0.4, -0.2) is 0 Å². The van der Waals surface area contributed by atoms with Crippen LogP contribution >= 0.6 is 0 Å². The Bertz CT molecular complexity index is 467. The van der Waals surface area contributed by atoms with Crippen molar-refractivity contribution in [1.29, 1.82) is 0 Å². The van der Waals surface area contributed by atoms with Gasteiger partial charge in [0.05, 0.1) is 0 Å². The maximum absolute atomic E-state index is 4.30. The first-order chi connectivity index (χ1) is 15.7. The van der Waals surface area contributed by atoms with E-state index in [1.165, 1.54) is 103 Å². The Hall–Kier alpha value is 0. The monoisotopic (exact) mass is 442 g/mol. The molecular formula is C32H58. The van der Waals surface area contributed by atoms with Crippen LogP contribution in [0.1, 0.15) is 149 Å². The summed E-state index contributed by atoms with van der Waals surface area (Å²) >= 11 is 0. The Labute approximate surface area is 203 Å². The van der Waals surface area contributed by atoms with Crippen molar-refractivity contribution in [1.82, 2.24) is 0 Å². The van der Waals surface area contributed by atoms with Crippen molar-refractivity contribution in [3.8, 4) is 0 Å². The third kappa shape index (κ3) is 8.34. The average molecular weight is 443 g/mol. The highest BCUT2D eigenvalue weighted by Gasteiger charge is 2.33. The summed E-state index contributed by atoms with van der Waals surface area (Å²) in [6.07, 6.45) is 33.6. The minimum atomic E-state index is 0.933. The molecule has 3 fully saturated rings. The second kappa shape index (κ2) is 15.1. The van der Waals surface area contributed by atoms with Gasteiger partial charge in [-0.1, -0.05) is 143 Å². The molecule has 0 heterocycles. The van der Waals surface area contributed by atoms with Gasteiger partial charge in [-0.15, -0.1) is 0 Å². The van der Waals surface area contributed by atoms with Crippen LogP contribution in [0.5, 0.6) is 0 Å². The minimum absolute atomic E-state index is 0.933. The molecular weight excluding hydrogens is 384 g/mol. The van der Waals surface area contributed by atoms with Crippen LogP contribution in [-0.2, 0) is 0 Å². The van der Waals surface area contributed by atoms with Gasteiger partial charge in [0.25, 0.3) is 0 Å².